The lowest BCUT2D eigenvalue weighted by molar-refractivity contribution is -0.185. The Labute approximate surface area is 239 Å². The molecule has 0 aliphatic carbocycles. The van der Waals surface area contributed by atoms with Gasteiger partial charge in [0.15, 0.2) is 0 Å². The Morgan fingerprint density at radius 2 is 1.80 bits per heavy atom. The Bertz CT molecular complexity index is 1500. The quantitative estimate of drug-likeness (QED) is 0.181. The molecule has 0 aliphatic rings. The van der Waals surface area contributed by atoms with E-state index in [4.69, 9.17) is 4.74 Å². The van der Waals surface area contributed by atoms with E-state index >= 15 is 4.39 Å². The third-order valence-electron chi connectivity index (χ3n) is 8.01. The van der Waals surface area contributed by atoms with E-state index in [0.717, 1.165) is 53.6 Å². The Kier molecular flexibility index (Phi) is 9.77. The molecule has 3 aromatic rings. The van der Waals surface area contributed by atoms with E-state index in [1.54, 1.807) is 39.3 Å². The normalized spacial score (nSPS) is 14.0. The van der Waals surface area contributed by atoms with Gasteiger partial charge in [0.2, 0.25) is 0 Å². The number of Topliss-reactive ketones (excluding diaryl/α,β-unsaturated/α-hetero) is 1. The first-order chi connectivity index (χ1) is 19.2. The Balaban J connectivity index is 1.89. The van der Waals surface area contributed by atoms with Crippen LogP contribution in [0.4, 0.5) is 17.6 Å². The molecule has 1 unspecified atom stereocenters. The molecule has 2 aromatic carbocycles. The van der Waals surface area contributed by atoms with Crippen LogP contribution in [0.1, 0.15) is 57.7 Å². The molecule has 1 atom stereocenters. The van der Waals surface area contributed by atoms with Crippen LogP contribution in [0.15, 0.2) is 53.2 Å². The number of fused-ring (bicyclic) bond motifs is 1. The Morgan fingerprint density at radius 1 is 1.12 bits per heavy atom. The molecule has 4 nitrogen and oxygen atoms in total. The number of ether oxygens (including phenoxy) is 1. The predicted octanol–water partition coefficient (Wildman–Crippen LogP) is 8.66. The number of alkyl halides is 3. The molecule has 1 heterocycles. The van der Waals surface area contributed by atoms with Crippen molar-refractivity contribution in [1.29, 1.82) is 0 Å². The zero-order valence-electron chi connectivity index (χ0n) is 25.0. The molecule has 0 amide bonds. The minimum absolute atomic E-state index is 0.153. The largest absolute Gasteiger partial charge is 0.496 e. The lowest BCUT2D eigenvalue weighted by atomic mass is 9.82. The van der Waals surface area contributed by atoms with Gasteiger partial charge < -0.3 is 4.74 Å². The monoisotopic (exact) mass is 570 g/mol. The number of aryl methyl sites for hydroxylation is 2. The summed E-state index contributed by atoms with van der Waals surface area (Å²) >= 11 is 0. The van der Waals surface area contributed by atoms with Crippen molar-refractivity contribution >= 4 is 22.4 Å². The van der Waals surface area contributed by atoms with Gasteiger partial charge in [0, 0.05) is 42.2 Å². The first-order valence-corrected chi connectivity index (χ1v) is 13.7. The number of benzene rings is 2. The number of carbonyl (C=O) groups is 1. The van der Waals surface area contributed by atoms with E-state index in [9.17, 15) is 18.0 Å². The number of aromatic nitrogens is 1. The predicted molar refractivity (Wildman–Crippen MR) is 157 cm³/mol. The molecule has 3 rings (SSSR count). The highest BCUT2D eigenvalue weighted by molar-refractivity contribution is 6.01. The van der Waals surface area contributed by atoms with Crippen LogP contribution in [0.5, 0.6) is 5.75 Å². The van der Waals surface area contributed by atoms with Crippen molar-refractivity contribution in [2.75, 3.05) is 14.2 Å². The summed E-state index contributed by atoms with van der Waals surface area (Å²) in [5.41, 5.74) is 2.62. The summed E-state index contributed by atoms with van der Waals surface area (Å²) < 4.78 is 61.7. The van der Waals surface area contributed by atoms with Crippen LogP contribution in [0, 0.1) is 24.1 Å². The maximum absolute atomic E-state index is 15.3. The van der Waals surface area contributed by atoms with E-state index < -0.39 is 23.3 Å². The topological polar surface area (TPSA) is 51.5 Å². The van der Waals surface area contributed by atoms with Gasteiger partial charge in [-0.25, -0.2) is 4.39 Å². The standard InChI is InChI=1S/C33H38F4N2O2/c1-9-21(16-31(38-7)32(5,6)33(35,36)37)19(3)29(40)15-24-12-11-23(13-27(24)34)26-18-39-28-14-22(10-2)30(41-8)17-25(28)20(26)4/h11-14,16-19H,9-10,15H2,1-8H3/b21-16+,38-31?. The number of rotatable bonds is 10. The van der Waals surface area contributed by atoms with E-state index in [1.165, 1.54) is 19.2 Å². The van der Waals surface area contributed by atoms with Gasteiger partial charge in [-0.15, -0.1) is 0 Å². The summed E-state index contributed by atoms with van der Waals surface area (Å²) in [6.45, 7) is 9.54. The number of nitrogens with zero attached hydrogens (tertiary/aromatic N) is 2. The molecule has 0 saturated heterocycles. The minimum atomic E-state index is -4.50. The first kappa shape index (κ1) is 32.0. The van der Waals surface area contributed by atoms with Crippen molar-refractivity contribution in [3.63, 3.8) is 0 Å². The van der Waals surface area contributed by atoms with Gasteiger partial charge in [-0.2, -0.15) is 13.2 Å². The van der Waals surface area contributed by atoms with E-state index in [1.807, 2.05) is 26.0 Å². The van der Waals surface area contributed by atoms with Gasteiger partial charge >= 0.3 is 6.18 Å². The first-order valence-electron chi connectivity index (χ1n) is 13.7. The number of ketones is 1. The molecule has 0 bridgehead atoms. The van der Waals surface area contributed by atoms with Crippen LogP contribution >= 0.6 is 0 Å². The molecule has 8 heteroatoms. The minimum Gasteiger partial charge on any atom is -0.496 e. The van der Waals surface area contributed by atoms with E-state index in [-0.39, 0.29) is 23.5 Å². The Hall–Kier alpha value is -3.55. The van der Waals surface area contributed by atoms with Gasteiger partial charge in [0.05, 0.1) is 12.6 Å². The highest BCUT2D eigenvalue weighted by Gasteiger charge is 2.50. The number of pyridine rings is 1. The Morgan fingerprint density at radius 3 is 2.34 bits per heavy atom. The summed E-state index contributed by atoms with van der Waals surface area (Å²) in [7, 11) is 2.93. The number of hydrogen-bond acceptors (Lipinski definition) is 4. The van der Waals surface area contributed by atoms with Crippen molar-refractivity contribution in [2.45, 2.75) is 67.0 Å². The van der Waals surface area contributed by atoms with Crippen LogP contribution in [0.25, 0.3) is 22.0 Å². The highest BCUT2D eigenvalue weighted by Crippen LogP contribution is 2.40. The summed E-state index contributed by atoms with van der Waals surface area (Å²) in [5.74, 6) is -0.740. The molecular formula is C33H38F4N2O2. The maximum Gasteiger partial charge on any atom is 0.399 e. The third-order valence-corrected chi connectivity index (χ3v) is 8.01. The van der Waals surface area contributed by atoms with Gasteiger partial charge in [-0.05, 0) is 80.1 Å². The van der Waals surface area contributed by atoms with E-state index in [0.29, 0.717) is 17.6 Å². The fourth-order valence-electron chi connectivity index (χ4n) is 4.94. The SMILES string of the molecule is CC/C(=C\C(=NC)C(C)(C)C(F)(F)F)C(C)C(=O)Cc1ccc(-c2cnc3cc(CC)c(OC)cc3c2C)cc1F. The lowest BCUT2D eigenvalue weighted by Gasteiger charge is -2.28. The van der Waals surface area contributed by atoms with Gasteiger partial charge in [0.1, 0.15) is 22.8 Å². The summed E-state index contributed by atoms with van der Waals surface area (Å²) in [5, 5.41) is 0.910. The van der Waals surface area contributed by atoms with Gasteiger partial charge in [0.25, 0.3) is 0 Å². The molecular weight excluding hydrogens is 532 g/mol. The molecule has 0 radical (unpaired) electrons. The van der Waals surface area contributed by atoms with Crippen LogP contribution in [-0.4, -0.2) is 36.8 Å². The summed E-state index contributed by atoms with van der Waals surface area (Å²) in [4.78, 5) is 21.6. The second kappa shape index (κ2) is 12.5. The maximum atomic E-state index is 15.3. The smallest absolute Gasteiger partial charge is 0.399 e. The zero-order chi connectivity index (χ0) is 30.7. The fourth-order valence-corrected chi connectivity index (χ4v) is 4.94. The number of aliphatic imine (C=N–C) groups is 1. The van der Waals surface area contributed by atoms with Crippen molar-refractivity contribution in [3.05, 3.63) is 70.7 Å². The molecule has 1 aromatic heterocycles. The molecule has 0 N–H and O–H groups in total. The summed E-state index contributed by atoms with van der Waals surface area (Å²) in [6.07, 6.45) is -0.432. The summed E-state index contributed by atoms with van der Waals surface area (Å²) in [6, 6.07) is 8.69. The van der Waals surface area contributed by atoms with Crippen LogP contribution in [0.2, 0.25) is 0 Å². The van der Waals surface area contributed by atoms with Crippen molar-refractivity contribution in [3.8, 4) is 16.9 Å². The highest BCUT2D eigenvalue weighted by atomic mass is 19.4. The number of halogens is 4. The van der Waals surface area contributed by atoms with Crippen LogP contribution in [-0.2, 0) is 17.6 Å². The molecule has 0 saturated carbocycles. The second-order valence-corrected chi connectivity index (χ2v) is 10.8. The second-order valence-electron chi connectivity index (χ2n) is 10.8. The molecule has 41 heavy (non-hydrogen) atoms. The van der Waals surface area contributed by atoms with Crippen LogP contribution in [0.3, 0.4) is 0 Å². The average molecular weight is 571 g/mol. The number of methoxy groups -OCH3 is 1. The zero-order valence-corrected chi connectivity index (χ0v) is 25.0. The number of carbonyl (C=O) groups excluding carboxylic acids is 1. The van der Waals surface area contributed by atoms with Crippen molar-refractivity contribution in [1.82, 2.24) is 4.98 Å². The molecule has 220 valence electrons. The van der Waals surface area contributed by atoms with Crippen molar-refractivity contribution in [2.24, 2.45) is 16.3 Å². The van der Waals surface area contributed by atoms with Gasteiger partial charge in [-0.3, -0.25) is 14.8 Å². The molecule has 0 fully saturated rings. The third kappa shape index (κ3) is 6.52. The van der Waals surface area contributed by atoms with E-state index in [2.05, 4.69) is 9.98 Å². The van der Waals surface area contributed by atoms with Crippen molar-refractivity contribution < 1.29 is 27.1 Å². The lowest BCUT2D eigenvalue weighted by Crippen LogP contribution is -2.39. The fraction of sp³-hybridized carbons (Fsp3) is 0.424. The van der Waals surface area contributed by atoms with Gasteiger partial charge in [-0.1, -0.05) is 38.5 Å². The molecule has 0 spiro atoms. The molecule has 0 aliphatic heterocycles. The number of hydrogen-bond donors (Lipinski definition) is 0. The van der Waals surface area contributed by atoms with Crippen LogP contribution < -0.4 is 4.74 Å². The average Bonchev–Trinajstić information content (AvgIpc) is 2.93. The number of allylic oxidation sites excluding steroid dienone is 2.